The first-order chi connectivity index (χ1) is 12.6. The second kappa shape index (κ2) is 8.43. The van der Waals surface area contributed by atoms with Gasteiger partial charge in [0.05, 0.1) is 12.8 Å². The Hall–Kier alpha value is -2.24. The average molecular weight is 375 g/mol. The van der Waals surface area contributed by atoms with Crippen molar-refractivity contribution in [3.63, 3.8) is 0 Å². The first-order valence-electron chi connectivity index (χ1n) is 8.65. The molecule has 0 radical (unpaired) electrons. The third kappa shape index (κ3) is 4.48. The molecule has 2 aromatic carbocycles. The summed E-state index contributed by atoms with van der Waals surface area (Å²) in [5.74, 6) is 0.700. The molecule has 1 atom stereocenters. The van der Waals surface area contributed by atoms with E-state index >= 15 is 0 Å². The molecule has 0 aromatic heterocycles. The van der Waals surface area contributed by atoms with Crippen LogP contribution in [0, 0.1) is 0 Å². The van der Waals surface area contributed by atoms with Gasteiger partial charge in [0.15, 0.2) is 0 Å². The van der Waals surface area contributed by atoms with E-state index in [1.165, 1.54) is 0 Å². The van der Waals surface area contributed by atoms with Crippen LogP contribution in [0.25, 0.3) is 11.1 Å². The van der Waals surface area contributed by atoms with Crippen LogP contribution in [-0.4, -0.2) is 44.3 Å². The molecule has 1 amide bonds. The van der Waals surface area contributed by atoms with Gasteiger partial charge in [-0.25, -0.2) is 4.79 Å². The number of likely N-dealkylation sites (tertiary alicyclic amines) is 1. The minimum atomic E-state index is -0.459. The van der Waals surface area contributed by atoms with Crippen LogP contribution in [0.4, 0.5) is 10.5 Å². The summed E-state index contributed by atoms with van der Waals surface area (Å²) in [6.07, 6.45) is 1.74. The summed E-state index contributed by atoms with van der Waals surface area (Å²) in [6, 6.07) is 13.2. The minimum Gasteiger partial charge on any atom is -0.497 e. The molecule has 5 nitrogen and oxygen atoms in total. The lowest BCUT2D eigenvalue weighted by atomic mass is 10.0. The smallest absolute Gasteiger partial charge is 0.411 e. The molecule has 3 rings (SSSR count). The van der Waals surface area contributed by atoms with Gasteiger partial charge in [0.2, 0.25) is 0 Å². The molecular formula is C20H23ClN2O3. The molecule has 0 saturated carbocycles. The van der Waals surface area contributed by atoms with E-state index in [1.54, 1.807) is 19.2 Å². The van der Waals surface area contributed by atoms with Crippen molar-refractivity contribution in [2.45, 2.75) is 18.9 Å². The van der Waals surface area contributed by atoms with E-state index in [2.05, 4.69) is 17.3 Å². The molecule has 0 unspecified atom stereocenters. The molecule has 1 aliphatic rings. The summed E-state index contributed by atoms with van der Waals surface area (Å²) in [6.45, 7) is 1.44. The average Bonchev–Trinajstić information content (AvgIpc) is 3.05. The summed E-state index contributed by atoms with van der Waals surface area (Å²) >= 11 is 6.11. The maximum atomic E-state index is 12.3. The standard InChI is InChI=1S/C20H23ClN2O3/c1-23-10-4-7-16(23)13-26-20(24)22-19-9-8-17(25-2)12-18(19)14-5-3-6-15(21)11-14/h3,5-6,8-9,11-12,16H,4,7,10,13H2,1-2H3,(H,22,24)/t16-/m0/s1. The third-order valence-corrected chi connectivity index (χ3v) is 4.91. The number of ether oxygens (including phenoxy) is 2. The van der Waals surface area contributed by atoms with Crippen molar-refractivity contribution < 1.29 is 14.3 Å². The van der Waals surface area contributed by atoms with Crippen LogP contribution in [0.3, 0.4) is 0 Å². The van der Waals surface area contributed by atoms with Crippen LogP contribution >= 0.6 is 11.6 Å². The maximum Gasteiger partial charge on any atom is 0.411 e. The van der Waals surface area contributed by atoms with Gasteiger partial charge in [-0.3, -0.25) is 5.32 Å². The number of anilines is 1. The Kier molecular flexibility index (Phi) is 6.01. The molecule has 1 N–H and O–H groups in total. The zero-order chi connectivity index (χ0) is 18.5. The van der Waals surface area contributed by atoms with Gasteiger partial charge in [0.1, 0.15) is 12.4 Å². The molecule has 26 heavy (non-hydrogen) atoms. The number of carbonyl (C=O) groups excluding carboxylic acids is 1. The molecule has 0 spiro atoms. The normalized spacial score (nSPS) is 17.1. The van der Waals surface area contributed by atoms with Crippen LogP contribution in [0.15, 0.2) is 42.5 Å². The number of halogens is 1. The predicted molar refractivity (Wildman–Crippen MR) is 104 cm³/mol. The lowest BCUT2D eigenvalue weighted by molar-refractivity contribution is 0.127. The highest BCUT2D eigenvalue weighted by Gasteiger charge is 2.22. The monoisotopic (exact) mass is 374 g/mol. The highest BCUT2D eigenvalue weighted by atomic mass is 35.5. The summed E-state index contributed by atoms with van der Waals surface area (Å²) in [5.41, 5.74) is 2.36. The van der Waals surface area contributed by atoms with Gasteiger partial charge >= 0.3 is 6.09 Å². The number of nitrogens with one attached hydrogen (secondary N) is 1. The number of amides is 1. The zero-order valence-electron chi connectivity index (χ0n) is 15.0. The molecule has 1 heterocycles. The van der Waals surface area contributed by atoms with Gasteiger partial charge in [-0.15, -0.1) is 0 Å². The Morgan fingerprint density at radius 1 is 1.31 bits per heavy atom. The summed E-state index contributed by atoms with van der Waals surface area (Å²) < 4.78 is 10.7. The summed E-state index contributed by atoms with van der Waals surface area (Å²) in [4.78, 5) is 14.5. The van der Waals surface area contributed by atoms with Gasteiger partial charge in [0, 0.05) is 16.6 Å². The Labute approximate surface area is 158 Å². The fourth-order valence-electron chi connectivity index (χ4n) is 3.16. The van der Waals surface area contributed by atoms with Crippen molar-refractivity contribution in [1.82, 2.24) is 4.90 Å². The Morgan fingerprint density at radius 2 is 2.15 bits per heavy atom. The van der Waals surface area contributed by atoms with Crippen molar-refractivity contribution in [3.05, 3.63) is 47.5 Å². The van der Waals surface area contributed by atoms with Crippen LogP contribution in [-0.2, 0) is 4.74 Å². The van der Waals surface area contributed by atoms with Crippen molar-refractivity contribution in [1.29, 1.82) is 0 Å². The number of rotatable bonds is 5. The number of hydrogen-bond acceptors (Lipinski definition) is 4. The highest BCUT2D eigenvalue weighted by Crippen LogP contribution is 2.33. The van der Waals surface area contributed by atoms with E-state index in [9.17, 15) is 4.79 Å². The Morgan fingerprint density at radius 3 is 2.85 bits per heavy atom. The lowest BCUT2D eigenvalue weighted by Gasteiger charge is -2.19. The molecule has 138 valence electrons. The molecule has 0 bridgehead atoms. The van der Waals surface area contributed by atoms with Gasteiger partial charge in [-0.1, -0.05) is 23.7 Å². The van der Waals surface area contributed by atoms with Gasteiger partial charge in [-0.05, 0) is 62.3 Å². The minimum absolute atomic E-state index is 0.295. The third-order valence-electron chi connectivity index (χ3n) is 4.68. The molecular weight excluding hydrogens is 352 g/mol. The SMILES string of the molecule is COc1ccc(NC(=O)OC[C@@H]2CCCN2C)c(-c2cccc(Cl)c2)c1. The second-order valence-corrected chi connectivity index (χ2v) is 6.86. The fraction of sp³-hybridized carbons (Fsp3) is 0.350. The number of carbonyl (C=O) groups is 1. The van der Waals surface area contributed by atoms with Crippen LogP contribution in [0.1, 0.15) is 12.8 Å². The first-order valence-corrected chi connectivity index (χ1v) is 9.02. The molecule has 1 aliphatic heterocycles. The van der Waals surface area contributed by atoms with Crippen LogP contribution < -0.4 is 10.1 Å². The second-order valence-electron chi connectivity index (χ2n) is 6.42. The van der Waals surface area contributed by atoms with E-state index in [1.807, 2.05) is 30.3 Å². The summed E-state index contributed by atoms with van der Waals surface area (Å²) in [7, 11) is 3.66. The van der Waals surface area contributed by atoms with Gasteiger partial charge < -0.3 is 14.4 Å². The van der Waals surface area contributed by atoms with E-state index in [-0.39, 0.29) is 0 Å². The van der Waals surface area contributed by atoms with Crippen molar-refractivity contribution >= 4 is 23.4 Å². The lowest BCUT2D eigenvalue weighted by Crippen LogP contribution is -2.31. The van der Waals surface area contributed by atoms with Crippen molar-refractivity contribution in [3.8, 4) is 16.9 Å². The molecule has 1 fully saturated rings. The predicted octanol–water partition coefficient (Wildman–Crippen LogP) is 4.66. The fourth-order valence-corrected chi connectivity index (χ4v) is 3.35. The molecule has 2 aromatic rings. The molecule has 0 aliphatic carbocycles. The zero-order valence-corrected chi connectivity index (χ0v) is 15.8. The summed E-state index contributed by atoms with van der Waals surface area (Å²) in [5, 5.41) is 3.47. The van der Waals surface area contributed by atoms with Gasteiger partial charge in [0.25, 0.3) is 0 Å². The van der Waals surface area contributed by atoms with Crippen molar-refractivity contribution in [2.24, 2.45) is 0 Å². The number of nitrogens with zero attached hydrogens (tertiary/aromatic N) is 1. The van der Waals surface area contributed by atoms with Crippen LogP contribution in [0.2, 0.25) is 5.02 Å². The van der Waals surface area contributed by atoms with Gasteiger partial charge in [-0.2, -0.15) is 0 Å². The van der Waals surface area contributed by atoms with E-state index < -0.39 is 6.09 Å². The molecule has 6 heteroatoms. The molecule has 1 saturated heterocycles. The van der Waals surface area contributed by atoms with E-state index in [4.69, 9.17) is 21.1 Å². The number of likely N-dealkylation sites (N-methyl/N-ethyl adjacent to an activating group) is 1. The maximum absolute atomic E-state index is 12.3. The quantitative estimate of drug-likeness (QED) is 0.827. The number of benzene rings is 2. The van der Waals surface area contributed by atoms with Crippen LogP contribution in [0.5, 0.6) is 5.75 Å². The largest absolute Gasteiger partial charge is 0.497 e. The topological polar surface area (TPSA) is 50.8 Å². The first kappa shape index (κ1) is 18.5. The Bertz CT molecular complexity index is 781. The number of methoxy groups -OCH3 is 1. The van der Waals surface area contributed by atoms with E-state index in [0.29, 0.717) is 29.1 Å². The number of hydrogen-bond donors (Lipinski definition) is 1. The van der Waals surface area contributed by atoms with E-state index in [0.717, 1.165) is 30.5 Å². The highest BCUT2D eigenvalue weighted by molar-refractivity contribution is 6.30. The Balaban J connectivity index is 1.75. The van der Waals surface area contributed by atoms with Crippen molar-refractivity contribution in [2.75, 3.05) is 32.6 Å².